The minimum absolute atomic E-state index is 0.0952. The van der Waals surface area contributed by atoms with Gasteiger partial charge in [0.05, 0.1) is 6.61 Å². The van der Waals surface area contributed by atoms with Crippen LogP contribution in [0.4, 0.5) is 5.69 Å². The number of hydrogen-bond donors (Lipinski definition) is 2. The van der Waals surface area contributed by atoms with Gasteiger partial charge in [0.2, 0.25) is 5.91 Å². The van der Waals surface area contributed by atoms with Crippen LogP contribution in [0.25, 0.3) is 0 Å². The van der Waals surface area contributed by atoms with E-state index >= 15 is 0 Å². The lowest BCUT2D eigenvalue weighted by Gasteiger charge is -2.22. The molecule has 0 spiro atoms. The van der Waals surface area contributed by atoms with Crippen molar-refractivity contribution in [2.75, 3.05) is 38.2 Å². The largest absolute Gasteiger partial charge is 0.493 e. The van der Waals surface area contributed by atoms with E-state index in [9.17, 15) is 4.79 Å². The van der Waals surface area contributed by atoms with E-state index in [0.717, 1.165) is 63.6 Å². The third-order valence-electron chi connectivity index (χ3n) is 4.91. The third kappa shape index (κ3) is 5.49. The van der Waals surface area contributed by atoms with Gasteiger partial charge in [0, 0.05) is 25.3 Å². The summed E-state index contributed by atoms with van der Waals surface area (Å²) in [5.41, 5.74) is 0.836. The maximum Gasteiger partial charge on any atom is 0.224 e. The molecule has 1 aromatic carbocycles. The first-order chi connectivity index (χ1) is 11.8. The molecule has 132 valence electrons. The maximum atomic E-state index is 12.0. The lowest BCUT2D eigenvalue weighted by molar-refractivity contribution is -0.116. The summed E-state index contributed by atoms with van der Waals surface area (Å²) in [6.45, 7) is 4.56. The summed E-state index contributed by atoms with van der Waals surface area (Å²) in [6.07, 6.45) is 4.89. The Balaban J connectivity index is 1.37. The maximum absolute atomic E-state index is 12.0. The molecule has 2 fully saturated rings. The number of carbonyl (C=O) groups excluding carboxylic acids is 1. The second-order valence-electron chi connectivity index (χ2n) is 6.84. The predicted molar refractivity (Wildman–Crippen MR) is 94.3 cm³/mol. The van der Waals surface area contributed by atoms with E-state index in [1.165, 1.54) is 6.42 Å². The van der Waals surface area contributed by atoms with Crippen molar-refractivity contribution in [2.24, 2.45) is 11.8 Å². The van der Waals surface area contributed by atoms with E-state index in [1.807, 2.05) is 24.3 Å². The summed E-state index contributed by atoms with van der Waals surface area (Å²) in [5, 5.41) is 6.30. The normalized spacial score (nSPS) is 21.6. The topological polar surface area (TPSA) is 59.6 Å². The number of benzene rings is 1. The highest BCUT2D eigenvalue weighted by atomic mass is 16.5. The van der Waals surface area contributed by atoms with Crippen molar-refractivity contribution in [3.63, 3.8) is 0 Å². The SMILES string of the molecule is O=C(CCC1CCNC1)Nc1ccc(OCC2CCOCC2)cc1. The van der Waals surface area contributed by atoms with Crippen LogP contribution in [-0.2, 0) is 9.53 Å². The van der Waals surface area contributed by atoms with Crippen LogP contribution in [0.5, 0.6) is 5.75 Å². The van der Waals surface area contributed by atoms with Gasteiger partial charge in [0.1, 0.15) is 5.75 Å². The molecule has 0 aromatic heterocycles. The molecule has 5 nitrogen and oxygen atoms in total. The van der Waals surface area contributed by atoms with Crippen LogP contribution in [0.1, 0.15) is 32.1 Å². The third-order valence-corrected chi connectivity index (χ3v) is 4.91. The van der Waals surface area contributed by atoms with Crippen molar-refractivity contribution in [3.05, 3.63) is 24.3 Å². The molecule has 1 amide bonds. The average molecular weight is 332 g/mol. The van der Waals surface area contributed by atoms with Crippen LogP contribution in [0.2, 0.25) is 0 Å². The van der Waals surface area contributed by atoms with Gasteiger partial charge in [-0.2, -0.15) is 0 Å². The lowest BCUT2D eigenvalue weighted by Crippen LogP contribution is -2.21. The Labute approximate surface area is 144 Å². The fourth-order valence-electron chi connectivity index (χ4n) is 3.28. The lowest BCUT2D eigenvalue weighted by atomic mass is 10.0. The second-order valence-corrected chi connectivity index (χ2v) is 6.84. The first-order valence-electron chi connectivity index (χ1n) is 9.11. The highest BCUT2D eigenvalue weighted by Gasteiger charge is 2.16. The molecule has 2 heterocycles. The Hall–Kier alpha value is -1.59. The van der Waals surface area contributed by atoms with E-state index < -0.39 is 0 Å². The van der Waals surface area contributed by atoms with Crippen LogP contribution in [0, 0.1) is 11.8 Å². The van der Waals surface area contributed by atoms with Gasteiger partial charge in [0.25, 0.3) is 0 Å². The van der Waals surface area contributed by atoms with Gasteiger partial charge < -0.3 is 20.1 Å². The number of amides is 1. The minimum atomic E-state index is 0.0952. The predicted octanol–water partition coefficient (Wildman–Crippen LogP) is 2.82. The fourth-order valence-corrected chi connectivity index (χ4v) is 3.28. The van der Waals surface area contributed by atoms with Crippen LogP contribution in [0.15, 0.2) is 24.3 Å². The molecule has 2 aliphatic rings. The summed E-state index contributed by atoms with van der Waals surface area (Å²) in [6, 6.07) is 7.67. The number of nitrogens with one attached hydrogen (secondary N) is 2. The van der Waals surface area contributed by atoms with Crippen molar-refractivity contribution < 1.29 is 14.3 Å². The number of carbonyl (C=O) groups is 1. The molecule has 2 N–H and O–H groups in total. The molecule has 3 rings (SSSR count). The molecule has 0 radical (unpaired) electrons. The highest BCUT2D eigenvalue weighted by Crippen LogP contribution is 2.20. The molecule has 1 unspecified atom stereocenters. The summed E-state index contributed by atoms with van der Waals surface area (Å²) in [4.78, 5) is 12.0. The second kappa shape index (κ2) is 9.04. The quantitative estimate of drug-likeness (QED) is 0.806. The summed E-state index contributed by atoms with van der Waals surface area (Å²) in [5.74, 6) is 2.19. The van der Waals surface area contributed by atoms with E-state index in [0.29, 0.717) is 18.3 Å². The van der Waals surface area contributed by atoms with Crippen molar-refractivity contribution in [3.8, 4) is 5.75 Å². The van der Waals surface area contributed by atoms with Gasteiger partial charge in [0.15, 0.2) is 0 Å². The molecular weight excluding hydrogens is 304 g/mol. The Morgan fingerprint density at radius 2 is 1.96 bits per heavy atom. The van der Waals surface area contributed by atoms with Crippen molar-refractivity contribution >= 4 is 11.6 Å². The fraction of sp³-hybridized carbons (Fsp3) is 0.632. The molecule has 1 atom stereocenters. The van der Waals surface area contributed by atoms with Crippen LogP contribution < -0.4 is 15.4 Å². The van der Waals surface area contributed by atoms with Gasteiger partial charge in [-0.1, -0.05) is 0 Å². The zero-order chi connectivity index (χ0) is 16.6. The molecule has 5 heteroatoms. The van der Waals surface area contributed by atoms with Gasteiger partial charge in [-0.3, -0.25) is 4.79 Å². The summed E-state index contributed by atoms with van der Waals surface area (Å²) in [7, 11) is 0. The van der Waals surface area contributed by atoms with E-state index in [-0.39, 0.29) is 5.91 Å². The van der Waals surface area contributed by atoms with Crippen LogP contribution in [0.3, 0.4) is 0 Å². The zero-order valence-electron chi connectivity index (χ0n) is 14.3. The molecule has 2 saturated heterocycles. The van der Waals surface area contributed by atoms with Crippen LogP contribution >= 0.6 is 0 Å². The molecule has 2 aliphatic heterocycles. The molecule has 0 saturated carbocycles. The summed E-state index contributed by atoms with van der Waals surface area (Å²) >= 11 is 0. The van der Waals surface area contributed by atoms with E-state index in [2.05, 4.69) is 10.6 Å². The molecule has 1 aromatic rings. The number of rotatable bonds is 7. The molecule has 0 aliphatic carbocycles. The van der Waals surface area contributed by atoms with Crippen molar-refractivity contribution in [1.29, 1.82) is 0 Å². The van der Waals surface area contributed by atoms with Gasteiger partial charge in [-0.25, -0.2) is 0 Å². The molecule has 24 heavy (non-hydrogen) atoms. The average Bonchev–Trinajstić information content (AvgIpc) is 3.14. The van der Waals surface area contributed by atoms with Crippen LogP contribution in [-0.4, -0.2) is 38.8 Å². The standard InChI is InChI=1S/C19H28N2O3/c22-19(6-1-15-7-10-20-13-15)21-17-2-4-18(5-3-17)24-14-16-8-11-23-12-9-16/h2-5,15-16,20H,1,6-14H2,(H,21,22). The molecular formula is C19H28N2O3. The number of anilines is 1. The molecule has 0 bridgehead atoms. The number of hydrogen-bond acceptors (Lipinski definition) is 4. The Kier molecular flexibility index (Phi) is 6.49. The van der Waals surface area contributed by atoms with Crippen molar-refractivity contribution in [2.45, 2.75) is 32.1 Å². The van der Waals surface area contributed by atoms with Crippen molar-refractivity contribution in [1.82, 2.24) is 5.32 Å². The van der Waals surface area contributed by atoms with E-state index in [1.54, 1.807) is 0 Å². The first kappa shape index (κ1) is 17.2. The Bertz CT molecular complexity index is 506. The highest BCUT2D eigenvalue weighted by molar-refractivity contribution is 5.90. The smallest absolute Gasteiger partial charge is 0.224 e. The van der Waals surface area contributed by atoms with Gasteiger partial charge in [-0.05, 0) is 74.9 Å². The first-order valence-corrected chi connectivity index (χ1v) is 9.11. The zero-order valence-corrected chi connectivity index (χ0v) is 14.3. The van der Waals surface area contributed by atoms with E-state index in [4.69, 9.17) is 9.47 Å². The Morgan fingerprint density at radius 1 is 1.17 bits per heavy atom. The monoisotopic (exact) mass is 332 g/mol. The summed E-state index contributed by atoms with van der Waals surface area (Å²) < 4.78 is 11.2. The van der Waals surface area contributed by atoms with Gasteiger partial charge in [-0.15, -0.1) is 0 Å². The Morgan fingerprint density at radius 3 is 2.67 bits per heavy atom. The van der Waals surface area contributed by atoms with Gasteiger partial charge >= 0.3 is 0 Å². The minimum Gasteiger partial charge on any atom is -0.493 e. The number of ether oxygens (including phenoxy) is 2.